The Morgan fingerprint density at radius 2 is 2.07 bits per heavy atom. The third-order valence-corrected chi connectivity index (χ3v) is 5.89. The number of carbonyl (C=O) groups is 1. The summed E-state index contributed by atoms with van der Waals surface area (Å²) in [6.07, 6.45) is 3.33. The molecule has 0 spiro atoms. The summed E-state index contributed by atoms with van der Waals surface area (Å²) in [7, 11) is 1.47. The molecule has 1 unspecified atom stereocenters. The van der Waals surface area contributed by atoms with Crippen LogP contribution in [-0.4, -0.2) is 23.2 Å². The molecule has 1 aliphatic rings. The molecule has 3 aromatic rings. The van der Waals surface area contributed by atoms with Crippen molar-refractivity contribution in [2.45, 2.75) is 25.2 Å². The fraction of sp³-hybridized carbons (Fsp3) is 0.238. The van der Waals surface area contributed by atoms with Crippen LogP contribution in [0.15, 0.2) is 48.5 Å². The number of nitrogens with zero attached hydrogens (tertiary/aromatic N) is 1. The summed E-state index contributed by atoms with van der Waals surface area (Å²) < 4.78 is 5.20. The molecule has 2 N–H and O–H groups in total. The van der Waals surface area contributed by atoms with Crippen molar-refractivity contribution >= 4 is 28.1 Å². The van der Waals surface area contributed by atoms with Crippen LogP contribution in [0.1, 0.15) is 45.3 Å². The molecule has 0 fully saturated rings. The SMILES string of the molecule is COc1cc(Nc2nc3c(s2)CCCC3c2ccccc2)ccc1C(=O)O. The van der Waals surface area contributed by atoms with Gasteiger partial charge < -0.3 is 15.2 Å². The molecule has 27 heavy (non-hydrogen) atoms. The molecule has 0 radical (unpaired) electrons. The number of nitrogens with one attached hydrogen (secondary N) is 1. The normalized spacial score (nSPS) is 15.8. The fourth-order valence-electron chi connectivity index (χ4n) is 3.55. The Balaban J connectivity index is 1.62. The number of anilines is 2. The van der Waals surface area contributed by atoms with Crippen LogP contribution >= 0.6 is 11.3 Å². The maximum atomic E-state index is 11.2. The van der Waals surface area contributed by atoms with Gasteiger partial charge in [0, 0.05) is 22.5 Å². The number of hydrogen-bond acceptors (Lipinski definition) is 5. The van der Waals surface area contributed by atoms with Crippen molar-refractivity contribution in [2.24, 2.45) is 0 Å². The van der Waals surface area contributed by atoms with Crippen LogP contribution in [-0.2, 0) is 6.42 Å². The highest BCUT2D eigenvalue weighted by Crippen LogP contribution is 2.41. The summed E-state index contributed by atoms with van der Waals surface area (Å²) in [5.74, 6) is -0.338. The van der Waals surface area contributed by atoms with E-state index in [1.807, 2.05) is 6.07 Å². The molecule has 2 aromatic carbocycles. The minimum absolute atomic E-state index is 0.144. The van der Waals surface area contributed by atoms with Gasteiger partial charge in [-0.2, -0.15) is 0 Å². The lowest BCUT2D eigenvalue weighted by Crippen LogP contribution is -2.09. The number of hydrogen-bond donors (Lipinski definition) is 2. The van der Waals surface area contributed by atoms with E-state index in [9.17, 15) is 9.90 Å². The number of carboxylic acids is 1. The van der Waals surface area contributed by atoms with Gasteiger partial charge in [-0.25, -0.2) is 9.78 Å². The first-order valence-corrected chi connectivity index (χ1v) is 9.70. The van der Waals surface area contributed by atoms with Crippen LogP contribution < -0.4 is 10.1 Å². The van der Waals surface area contributed by atoms with E-state index in [1.165, 1.54) is 17.6 Å². The monoisotopic (exact) mass is 380 g/mol. The van der Waals surface area contributed by atoms with Crippen LogP contribution in [0.25, 0.3) is 0 Å². The van der Waals surface area contributed by atoms with Gasteiger partial charge in [0.15, 0.2) is 5.13 Å². The zero-order chi connectivity index (χ0) is 18.8. The molecule has 1 aromatic heterocycles. The zero-order valence-electron chi connectivity index (χ0n) is 14.9. The van der Waals surface area contributed by atoms with Gasteiger partial charge >= 0.3 is 5.97 Å². The van der Waals surface area contributed by atoms with E-state index >= 15 is 0 Å². The number of fused-ring (bicyclic) bond motifs is 1. The largest absolute Gasteiger partial charge is 0.496 e. The van der Waals surface area contributed by atoms with E-state index in [1.54, 1.807) is 29.5 Å². The third kappa shape index (κ3) is 3.53. The Labute approximate surface area is 161 Å². The Morgan fingerprint density at radius 3 is 2.81 bits per heavy atom. The minimum Gasteiger partial charge on any atom is -0.496 e. The molecule has 0 aliphatic heterocycles. The predicted octanol–water partition coefficient (Wildman–Crippen LogP) is 5.06. The van der Waals surface area contributed by atoms with Crippen LogP contribution in [0.5, 0.6) is 5.75 Å². The summed E-state index contributed by atoms with van der Waals surface area (Å²) in [6.45, 7) is 0. The van der Waals surface area contributed by atoms with E-state index in [0.717, 1.165) is 35.8 Å². The average molecular weight is 380 g/mol. The van der Waals surface area contributed by atoms with Gasteiger partial charge in [-0.1, -0.05) is 30.3 Å². The topological polar surface area (TPSA) is 71.5 Å². The highest BCUT2D eigenvalue weighted by molar-refractivity contribution is 7.15. The number of aromatic carboxylic acids is 1. The lowest BCUT2D eigenvalue weighted by molar-refractivity contribution is 0.0693. The van der Waals surface area contributed by atoms with Gasteiger partial charge in [-0.3, -0.25) is 0 Å². The molecule has 4 rings (SSSR count). The first kappa shape index (κ1) is 17.5. The Kier molecular flexibility index (Phi) is 4.81. The van der Waals surface area contributed by atoms with Crippen molar-refractivity contribution in [1.29, 1.82) is 0 Å². The van der Waals surface area contributed by atoms with Crippen molar-refractivity contribution < 1.29 is 14.6 Å². The molecule has 1 atom stereocenters. The predicted molar refractivity (Wildman–Crippen MR) is 107 cm³/mol. The van der Waals surface area contributed by atoms with E-state index in [2.05, 4.69) is 29.6 Å². The first-order chi connectivity index (χ1) is 13.2. The van der Waals surface area contributed by atoms with Crippen molar-refractivity contribution in [3.05, 3.63) is 70.2 Å². The molecule has 0 amide bonds. The molecule has 0 saturated heterocycles. The number of ether oxygens (including phenoxy) is 1. The molecular formula is C21H20N2O3S. The Hall–Kier alpha value is -2.86. The molecular weight excluding hydrogens is 360 g/mol. The second-order valence-corrected chi connectivity index (χ2v) is 7.61. The fourth-order valence-corrected chi connectivity index (χ4v) is 4.64. The van der Waals surface area contributed by atoms with Gasteiger partial charge in [-0.05, 0) is 37.0 Å². The molecule has 1 aliphatic carbocycles. The number of carboxylic acid groups (broad SMARTS) is 1. The highest BCUT2D eigenvalue weighted by Gasteiger charge is 2.26. The number of rotatable bonds is 5. The smallest absolute Gasteiger partial charge is 0.339 e. The second kappa shape index (κ2) is 7.40. The van der Waals surface area contributed by atoms with Crippen molar-refractivity contribution in [2.75, 3.05) is 12.4 Å². The first-order valence-electron chi connectivity index (χ1n) is 8.88. The number of methoxy groups -OCH3 is 1. The lowest BCUT2D eigenvalue weighted by atomic mass is 9.85. The van der Waals surface area contributed by atoms with Crippen LogP contribution in [0.4, 0.5) is 10.8 Å². The van der Waals surface area contributed by atoms with Gasteiger partial charge in [0.1, 0.15) is 11.3 Å². The van der Waals surface area contributed by atoms with Gasteiger partial charge in [0.2, 0.25) is 0 Å². The van der Waals surface area contributed by atoms with E-state index in [4.69, 9.17) is 9.72 Å². The van der Waals surface area contributed by atoms with E-state index in [0.29, 0.717) is 11.7 Å². The van der Waals surface area contributed by atoms with Crippen LogP contribution in [0.2, 0.25) is 0 Å². The summed E-state index contributed by atoms with van der Waals surface area (Å²) in [4.78, 5) is 17.4. The Bertz CT molecular complexity index is 969. The van der Waals surface area contributed by atoms with Crippen molar-refractivity contribution in [3.63, 3.8) is 0 Å². The molecule has 1 heterocycles. The average Bonchev–Trinajstić information content (AvgIpc) is 3.10. The summed E-state index contributed by atoms with van der Waals surface area (Å²) in [5.41, 5.74) is 3.38. The van der Waals surface area contributed by atoms with Crippen molar-refractivity contribution in [3.8, 4) is 5.75 Å². The second-order valence-electron chi connectivity index (χ2n) is 6.53. The molecule has 0 bridgehead atoms. The van der Waals surface area contributed by atoms with Gasteiger partial charge in [-0.15, -0.1) is 11.3 Å². The third-order valence-electron chi connectivity index (χ3n) is 4.84. The maximum Gasteiger partial charge on any atom is 0.339 e. The zero-order valence-corrected chi connectivity index (χ0v) is 15.8. The van der Waals surface area contributed by atoms with Gasteiger partial charge in [0.05, 0.1) is 12.8 Å². The number of benzene rings is 2. The quantitative estimate of drug-likeness (QED) is 0.647. The molecule has 0 saturated carbocycles. The maximum absolute atomic E-state index is 11.2. The highest BCUT2D eigenvalue weighted by atomic mass is 32.1. The van der Waals surface area contributed by atoms with Crippen LogP contribution in [0, 0.1) is 0 Å². The molecule has 6 heteroatoms. The summed E-state index contributed by atoms with van der Waals surface area (Å²) in [5, 5.41) is 13.3. The number of aromatic nitrogens is 1. The van der Waals surface area contributed by atoms with Crippen LogP contribution in [0.3, 0.4) is 0 Å². The Morgan fingerprint density at radius 1 is 1.26 bits per heavy atom. The number of aryl methyl sites for hydroxylation is 1. The van der Waals surface area contributed by atoms with Gasteiger partial charge in [0.25, 0.3) is 0 Å². The lowest BCUT2D eigenvalue weighted by Gasteiger charge is -2.21. The number of thiazole rings is 1. The summed E-state index contributed by atoms with van der Waals surface area (Å²) in [6, 6.07) is 15.5. The van der Waals surface area contributed by atoms with E-state index in [-0.39, 0.29) is 5.56 Å². The van der Waals surface area contributed by atoms with Crippen molar-refractivity contribution in [1.82, 2.24) is 4.98 Å². The molecule has 138 valence electrons. The standard InChI is InChI=1S/C21H20N2O3S/c1-26-17-12-14(10-11-16(17)20(24)25)22-21-23-19-15(8-5-9-18(19)27-21)13-6-3-2-4-7-13/h2-4,6-7,10-12,15H,5,8-9H2,1H3,(H,22,23)(H,24,25). The van der Waals surface area contributed by atoms with E-state index < -0.39 is 5.97 Å². The minimum atomic E-state index is -1.01. The summed E-state index contributed by atoms with van der Waals surface area (Å²) >= 11 is 1.67. The molecule has 5 nitrogen and oxygen atoms in total.